The minimum atomic E-state index is -0.189. The number of hydrogen-bond acceptors (Lipinski definition) is 4. The molecule has 1 aliphatic heterocycles. The molecular weight excluding hydrogens is 230 g/mol. The van der Waals surface area contributed by atoms with Gasteiger partial charge in [0.1, 0.15) is 11.5 Å². The summed E-state index contributed by atoms with van der Waals surface area (Å²) in [6, 6.07) is 7.56. The number of nitrogens with one attached hydrogen (secondary N) is 1. The summed E-state index contributed by atoms with van der Waals surface area (Å²) in [6.45, 7) is 2.43. The van der Waals surface area contributed by atoms with Gasteiger partial charge in [0.25, 0.3) is 0 Å². The minimum absolute atomic E-state index is 0.189. The van der Waals surface area contributed by atoms with Crippen LogP contribution in [0.5, 0.6) is 11.5 Å². The van der Waals surface area contributed by atoms with Crippen LogP contribution in [0, 0.1) is 5.92 Å². The Morgan fingerprint density at radius 1 is 1.28 bits per heavy atom. The molecule has 2 atom stereocenters. The monoisotopic (exact) mass is 251 g/mol. The predicted octanol–water partition coefficient (Wildman–Crippen LogP) is 1.43. The van der Waals surface area contributed by atoms with Gasteiger partial charge in [0, 0.05) is 12.5 Å². The molecule has 18 heavy (non-hydrogen) atoms. The van der Waals surface area contributed by atoms with Crippen LogP contribution in [0.25, 0.3) is 0 Å². The van der Waals surface area contributed by atoms with Crippen molar-refractivity contribution in [3.05, 3.63) is 24.3 Å². The number of aliphatic hydroxyl groups excluding tert-OH is 1. The molecule has 0 aromatic heterocycles. The molecule has 0 saturated carbocycles. The number of methoxy groups -OCH3 is 1. The van der Waals surface area contributed by atoms with Crippen LogP contribution < -0.4 is 14.8 Å². The maximum absolute atomic E-state index is 9.82. The summed E-state index contributed by atoms with van der Waals surface area (Å²) < 4.78 is 10.7. The normalized spacial score (nSPS) is 23.7. The number of ether oxygens (including phenoxy) is 2. The molecule has 2 N–H and O–H groups in total. The minimum Gasteiger partial charge on any atom is -0.497 e. The summed E-state index contributed by atoms with van der Waals surface area (Å²) in [5, 5.41) is 13.1. The Bertz CT molecular complexity index is 353. The fourth-order valence-corrected chi connectivity index (χ4v) is 2.20. The third-order valence-corrected chi connectivity index (χ3v) is 3.38. The van der Waals surface area contributed by atoms with Gasteiger partial charge in [0.2, 0.25) is 0 Å². The van der Waals surface area contributed by atoms with E-state index in [2.05, 4.69) is 5.32 Å². The average molecular weight is 251 g/mol. The zero-order chi connectivity index (χ0) is 12.8. The molecule has 1 aromatic rings. The summed E-state index contributed by atoms with van der Waals surface area (Å²) in [7, 11) is 1.65. The van der Waals surface area contributed by atoms with Gasteiger partial charge in [-0.15, -0.1) is 0 Å². The number of benzene rings is 1. The molecule has 1 saturated heterocycles. The summed E-state index contributed by atoms with van der Waals surface area (Å²) in [4.78, 5) is 0. The highest BCUT2D eigenvalue weighted by atomic mass is 16.5. The van der Waals surface area contributed by atoms with Crippen LogP contribution in [0.1, 0.15) is 12.8 Å². The largest absolute Gasteiger partial charge is 0.497 e. The van der Waals surface area contributed by atoms with Gasteiger partial charge in [-0.05, 0) is 43.7 Å². The SMILES string of the molecule is COc1ccc(OCCC2CNCCC2O)cc1. The highest BCUT2D eigenvalue weighted by Gasteiger charge is 2.22. The number of rotatable bonds is 5. The highest BCUT2D eigenvalue weighted by Crippen LogP contribution is 2.19. The van der Waals surface area contributed by atoms with Gasteiger partial charge < -0.3 is 19.9 Å². The molecule has 1 heterocycles. The quantitative estimate of drug-likeness (QED) is 0.831. The number of hydrogen-bond donors (Lipinski definition) is 2. The van der Waals surface area contributed by atoms with E-state index in [4.69, 9.17) is 9.47 Å². The van der Waals surface area contributed by atoms with Gasteiger partial charge in [-0.3, -0.25) is 0 Å². The molecule has 1 aromatic carbocycles. The molecule has 4 nitrogen and oxygen atoms in total. The van der Waals surface area contributed by atoms with Crippen molar-refractivity contribution in [2.24, 2.45) is 5.92 Å². The first kappa shape index (κ1) is 13.2. The van der Waals surface area contributed by atoms with Gasteiger partial charge in [-0.1, -0.05) is 0 Å². The second-order valence-corrected chi connectivity index (χ2v) is 4.63. The zero-order valence-electron chi connectivity index (χ0n) is 10.8. The highest BCUT2D eigenvalue weighted by molar-refractivity contribution is 5.31. The van der Waals surface area contributed by atoms with E-state index in [1.807, 2.05) is 24.3 Å². The summed E-state index contributed by atoms with van der Waals surface area (Å²) in [6.07, 6.45) is 1.53. The van der Waals surface area contributed by atoms with Crippen molar-refractivity contribution < 1.29 is 14.6 Å². The molecule has 100 valence electrons. The van der Waals surface area contributed by atoms with Crippen LogP contribution in [0.2, 0.25) is 0 Å². The fraction of sp³-hybridized carbons (Fsp3) is 0.571. The van der Waals surface area contributed by atoms with Crippen LogP contribution >= 0.6 is 0 Å². The molecule has 2 unspecified atom stereocenters. The number of piperidine rings is 1. The Balaban J connectivity index is 1.73. The molecule has 0 amide bonds. The molecular formula is C14H21NO3. The smallest absolute Gasteiger partial charge is 0.119 e. The lowest BCUT2D eigenvalue weighted by atomic mass is 9.93. The molecule has 0 aliphatic carbocycles. The third-order valence-electron chi connectivity index (χ3n) is 3.38. The first-order valence-corrected chi connectivity index (χ1v) is 6.45. The van der Waals surface area contributed by atoms with Crippen molar-refractivity contribution in [2.45, 2.75) is 18.9 Å². The van der Waals surface area contributed by atoms with Crippen LogP contribution in [0.4, 0.5) is 0 Å². The van der Waals surface area contributed by atoms with E-state index in [0.29, 0.717) is 12.5 Å². The van der Waals surface area contributed by atoms with Crippen molar-refractivity contribution in [2.75, 3.05) is 26.8 Å². The summed E-state index contributed by atoms with van der Waals surface area (Å²) in [5.41, 5.74) is 0. The van der Waals surface area contributed by atoms with Crippen molar-refractivity contribution >= 4 is 0 Å². The lowest BCUT2D eigenvalue weighted by molar-refractivity contribution is 0.0662. The Morgan fingerprint density at radius 2 is 2.00 bits per heavy atom. The lowest BCUT2D eigenvalue weighted by Gasteiger charge is -2.28. The average Bonchev–Trinajstić information content (AvgIpc) is 2.42. The second-order valence-electron chi connectivity index (χ2n) is 4.63. The van der Waals surface area contributed by atoms with E-state index in [9.17, 15) is 5.11 Å². The Kier molecular flexibility index (Phi) is 4.84. The van der Waals surface area contributed by atoms with E-state index < -0.39 is 0 Å². The molecule has 0 spiro atoms. The van der Waals surface area contributed by atoms with Crippen LogP contribution in [-0.2, 0) is 0 Å². The molecule has 4 heteroatoms. The standard InChI is InChI=1S/C14H21NO3/c1-17-12-2-4-13(5-3-12)18-9-7-11-10-15-8-6-14(11)16/h2-5,11,14-16H,6-10H2,1H3. The van der Waals surface area contributed by atoms with Gasteiger partial charge in [-0.25, -0.2) is 0 Å². The van der Waals surface area contributed by atoms with Crippen molar-refractivity contribution in [1.29, 1.82) is 0 Å². The lowest BCUT2D eigenvalue weighted by Crippen LogP contribution is -2.40. The van der Waals surface area contributed by atoms with Crippen LogP contribution in [0.3, 0.4) is 0 Å². The summed E-state index contributed by atoms with van der Waals surface area (Å²) >= 11 is 0. The Hall–Kier alpha value is -1.26. The first-order valence-electron chi connectivity index (χ1n) is 6.45. The van der Waals surface area contributed by atoms with Crippen molar-refractivity contribution in [1.82, 2.24) is 5.32 Å². The second kappa shape index (κ2) is 6.61. The predicted molar refractivity (Wildman–Crippen MR) is 70.1 cm³/mol. The molecule has 0 radical (unpaired) electrons. The molecule has 1 fully saturated rings. The van der Waals surface area contributed by atoms with Gasteiger partial charge in [-0.2, -0.15) is 0 Å². The molecule has 2 rings (SSSR count). The fourth-order valence-electron chi connectivity index (χ4n) is 2.20. The van der Waals surface area contributed by atoms with Crippen LogP contribution in [0.15, 0.2) is 24.3 Å². The van der Waals surface area contributed by atoms with E-state index >= 15 is 0 Å². The van der Waals surface area contributed by atoms with E-state index in [1.54, 1.807) is 7.11 Å². The molecule has 0 bridgehead atoms. The van der Waals surface area contributed by atoms with E-state index in [1.165, 1.54) is 0 Å². The summed E-state index contributed by atoms with van der Waals surface area (Å²) in [5.74, 6) is 1.97. The van der Waals surface area contributed by atoms with Crippen LogP contribution in [-0.4, -0.2) is 38.0 Å². The third kappa shape index (κ3) is 3.62. The number of aliphatic hydroxyl groups is 1. The maximum Gasteiger partial charge on any atom is 0.119 e. The maximum atomic E-state index is 9.82. The van der Waals surface area contributed by atoms with Gasteiger partial charge in [0.05, 0.1) is 19.8 Å². The zero-order valence-corrected chi connectivity index (χ0v) is 10.8. The van der Waals surface area contributed by atoms with E-state index in [0.717, 1.165) is 37.4 Å². The van der Waals surface area contributed by atoms with Crippen molar-refractivity contribution in [3.63, 3.8) is 0 Å². The Morgan fingerprint density at radius 3 is 2.67 bits per heavy atom. The first-order chi connectivity index (χ1) is 8.79. The van der Waals surface area contributed by atoms with Gasteiger partial charge >= 0.3 is 0 Å². The molecule has 1 aliphatic rings. The van der Waals surface area contributed by atoms with E-state index in [-0.39, 0.29) is 6.10 Å². The topological polar surface area (TPSA) is 50.7 Å². The van der Waals surface area contributed by atoms with Gasteiger partial charge in [0.15, 0.2) is 0 Å². The van der Waals surface area contributed by atoms with Crippen molar-refractivity contribution in [3.8, 4) is 11.5 Å². The Labute approximate surface area is 108 Å².